The van der Waals surface area contributed by atoms with Crippen LogP contribution in [0.3, 0.4) is 0 Å². The Morgan fingerprint density at radius 2 is 2.22 bits per heavy atom. The summed E-state index contributed by atoms with van der Waals surface area (Å²) in [5.41, 5.74) is 0. The molecule has 0 heterocycles. The molecule has 0 aromatic carbocycles. The molecule has 0 spiro atoms. The topological polar surface area (TPSA) is 0 Å². The third-order valence-electron chi connectivity index (χ3n) is 1.44. The fourth-order valence-electron chi connectivity index (χ4n) is 0.901. The Labute approximate surface area is 66.7 Å². The molecule has 0 aromatic rings. The van der Waals surface area contributed by atoms with Crippen molar-refractivity contribution in [3.8, 4) is 0 Å². The number of hydrogen-bond acceptors (Lipinski definition) is 0. The second kappa shape index (κ2) is 4.01. The van der Waals surface area contributed by atoms with E-state index in [0.717, 1.165) is 0 Å². The van der Waals surface area contributed by atoms with Gasteiger partial charge >= 0.3 is 66.4 Å². The maximum atomic E-state index is 2.68. The van der Waals surface area contributed by atoms with E-state index in [9.17, 15) is 0 Å². The fraction of sp³-hybridized carbons (Fsp3) is 0.500. The van der Waals surface area contributed by atoms with E-state index in [4.69, 9.17) is 0 Å². The molecule has 0 fully saturated rings. The second-order valence-electron chi connectivity index (χ2n) is 2.27. The van der Waals surface area contributed by atoms with Gasteiger partial charge in [0.2, 0.25) is 0 Å². The molecule has 0 saturated heterocycles. The minimum absolute atomic E-state index is 1.26. The SMILES string of the molecule is [Ru]/[C]1=C/C=C\CCCC1. The zero-order valence-corrected chi connectivity index (χ0v) is 7.15. The fourth-order valence-corrected chi connectivity index (χ4v) is 1.38. The summed E-state index contributed by atoms with van der Waals surface area (Å²) in [6, 6.07) is 0. The molecule has 0 unspecified atom stereocenters. The Morgan fingerprint density at radius 3 is 3.11 bits per heavy atom. The van der Waals surface area contributed by atoms with Gasteiger partial charge in [0.25, 0.3) is 0 Å². The molecule has 51 valence electrons. The molecule has 9 heavy (non-hydrogen) atoms. The van der Waals surface area contributed by atoms with Gasteiger partial charge in [-0.1, -0.05) is 0 Å². The van der Waals surface area contributed by atoms with Crippen LogP contribution in [0.15, 0.2) is 22.4 Å². The molecule has 0 radical (unpaired) electrons. The summed E-state index contributed by atoms with van der Waals surface area (Å²) >= 11 is 2.68. The monoisotopic (exact) mass is 209 g/mol. The average molecular weight is 208 g/mol. The Balaban J connectivity index is 2.48. The van der Waals surface area contributed by atoms with Gasteiger partial charge in [0, 0.05) is 0 Å². The predicted molar refractivity (Wildman–Crippen MR) is 35.7 cm³/mol. The predicted octanol–water partition coefficient (Wildman–Crippen LogP) is 2.55. The van der Waals surface area contributed by atoms with Crippen molar-refractivity contribution in [3.63, 3.8) is 0 Å². The first-order chi connectivity index (χ1) is 4.39. The molecule has 1 heteroatoms. The van der Waals surface area contributed by atoms with Gasteiger partial charge in [-0.3, -0.25) is 0 Å². The molecular formula is C8H11Ru. The number of hydrogen-bond donors (Lipinski definition) is 0. The quantitative estimate of drug-likeness (QED) is 0.537. The molecule has 0 nitrogen and oxygen atoms in total. The Morgan fingerprint density at radius 1 is 1.33 bits per heavy atom. The van der Waals surface area contributed by atoms with Crippen LogP contribution in [0.4, 0.5) is 0 Å². The molecule has 0 atom stereocenters. The summed E-state index contributed by atoms with van der Waals surface area (Å²) in [5.74, 6) is 0. The van der Waals surface area contributed by atoms with Crippen LogP contribution in [-0.4, -0.2) is 0 Å². The van der Waals surface area contributed by atoms with Crippen LogP contribution in [0.5, 0.6) is 0 Å². The van der Waals surface area contributed by atoms with Crippen LogP contribution in [0, 0.1) is 0 Å². The Hall–Kier alpha value is 0.103. The van der Waals surface area contributed by atoms with Crippen LogP contribution in [-0.2, 0) is 18.3 Å². The third-order valence-corrected chi connectivity index (χ3v) is 2.16. The number of rotatable bonds is 0. The summed E-state index contributed by atoms with van der Waals surface area (Å²) in [4.78, 5) is 0. The molecule has 0 bridgehead atoms. The maximum absolute atomic E-state index is 2.68. The molecule has 0 saturated carbocycles. The first-order valence-electron chi connectivity index (χ1n) is 3.39. The summed E-state index contributed by atoms with van der Waals surface area (Å²) in [6.45, 7) is 0. The van der Waals surface area contributed by atoms with Crippen molar-refractivity contribution in [2.45, 2.75) is 25.7 Å². The molecule has 1 rings (SSSR count). The molecule has 1 aliphatic rings. The molecule has 0 aromatic heterocycles. The van der Waals surface area contributed by atoms with Crippen LogP contribution in [0.1, 0.15) is 25.7 Å². The minimum atomic E-state index is 1.26. The molecule has 1 aliphatic carbocycles. The van der Waals surface area contributed by atoms with Gasteiger partial charge in [0.15, 0.2) is 0 Å². The van der Waals surface area contributed by atoms with E-state index in [1.165, 1.54) is 29.9 Å². The normalized spacial score (nSPS) is 29.7. The van der Waals surface area contributed by atoms with Crippen LogP contribution in [0.25, 0.3) is 0 Å². The molecule has 0 N–H and O–H groups in total. The van der Waals surface area contributed by atoms with E-state index < -0.39 is 0 Å². The second-order valence-corrected chi connectivity index (χ2v) is 3.39. The van der Waals surface area contributed by atoms with Crippen molar-refractivity contribution < 1.29 is 18.3 Å². The van der Waals surface area contributed by atoms with E-state index in [2.05, 4.69) is 36.5 Å². The van der Waals surface area contributed by atoms with Crippen LogP contribution < -0.4 is 0 Å². The zero-order chi connectivity index (χ0) is 6.53. The van der Waals surface area contributed by atoms with Crippen molar-refractivity contribution in [2.75, 3.05) is 0 Å². The zero-order valence-electron chi connectivity index (χ0n) is 5.41. The van der Waals surface area contributed by atoms with Gasteiger partial charge in [0.1, 0.15) is 0 Å². The van der Waals surface area contributed by atoms with Gasteiger partial charge < -0.3 is 0 Å². The van der Waals surface area contributed by atoms with Gasteiger partial charge in [0.05, 0.1) is 0 Å². The molecule has 0 amide bonds. The first-order valence-corrected chi connectivity index (χ1v) is 4.26. The van der Waals surface area contributed by atoms with E-state index >= 15 is 0 Å². The summed E-state index contributed by atoms with van der Waals surface area (Å²) < 4.78 is 1.45. The third kappa shape index (κ3) is 2.96. The molecule has 0 aliphatic heterocycles. The summed E-state index contributed by atoms with van der Waals surface area (Å²) in [5, 5.41) is 0. The van der Waals surface area contributed by atoms with E-state index in [-0.39, 0.29) is 0 Å². The average Bonchev–Trinajstić information content (AvgIpc) is 1.79. The Kier molecular flexibility index (Phi) is 3.21. The van der Waals surface area contributed by atoms with E-state index in [0.29, 0.717) is 0 Å². The first kappa shape index (κ1) is 7.21. The van der Waals surface area contributed by atoms with Gasteiger partial charge in [-0.05, 0) is 0 Å². The number of allylic oxidation sites excluding steroid dienone is 4. The van der Waals surface area contributed by atoms with Crippen molar-refractivity contribution >= 4 is 0 Å². The van der Waals surface area contributed by atoms with Crippen molar-refractivity contribution in [3.05, 3.63) is 22.4 Å². The van der Waals surface area contributed by atoms with Gasteiger partial charge in [-0.25, -0.2) is 0 Å². The van der Waals surface area contributed by atoms with Crippen LogP contribution >= 0.6 is 0 Å². The van der Waals surface area contributed by atoms with Crippen molar-refractivity contribution in [1.82, 2.24) is 0 Å². The van der Waals surface area contributed by atoms with Crippen molar-refractivity contribution in [1.29, 1.82) is 0 Å². The molecular weight excluding hydrogens is 197 g/mol. The van der Waals surface area contributed by atoms with Crippen molar-refractivity contribution in [2.24, 2.45) is 0 Å². The van der Waals surface area contributed by atoms with Gasteiger partial charge in [-0.15, -0.1) is 0 Å². The van der Waals surface area contributed by atoms with Gasteiger partial charge in [-0.2, -0.15) is 0 Å². The van der Waals surface area contributed by atoms with Crippen LogP contribution in [0.2, 0.25) is 0 Å². The van der Waals surface area contributed by atoms with E-state index in [1.807, 2.05) is 0 Å². The summed E-state index contributed by atoms with van der Waals surface area (Å²) in [7, 11) is 0. The Bertz CT molecular complexity index is 134. The summed E-state index contributed by atoms with van der Waals surface area (Å²) in [6.07, 6.45) is 11.8. The van der Waals surface area contributed by atoms with E-state index in [1.54, 1.807) is 0 Å². The standard InChI is InChI=1S/C8H11.Ru/c1-2-4-6-8-7-5-3-1;/h1-3H,4,6-8H2;/b2-1-,5-3?;.